The minimum Gasteiger partial charge on any atom is -0.366 e. The van der Waals surface area contributed by atoms with Crippen LogP contribution in [0.15, 0.2) is 24.5 Å². The highest BCUT2D eigenvalue weighted by atomic mass is 19.4. The molecule has 0 fully saturated rings. The molecule has 0 aliphatic carbocycles. The van der Waals surface area contributed by atoms with Crippen molar-refractivity contribution in [3.8, 4) is 5.82 Å². The molecule has 0 bridgehead atoms. The number of anilines is 1. The van der Waals surface area contributed by atoms with Gasteiger partial charge >= 0.3 is 6.18 Å². The van der Waals surface area contributed by atoms with E-state index in [0.29, 0.717) is 0 Å². The zero-order valence-electron chi connectivity index (χ0n) is 9.85. The highest BCUT2D eigenvalue weighted by Gasteiger charge is 2.32. The van der Waals surface area contributed by atoms with E-state index < -0.39 is 17.6 Å². The maximum Gasteiger partial charge on any atom is 0.416 e. The van der Waals surface area contributed by atoms with Gasteiger partial charge in [0.05, 0.1) is 17.3 Å². The zero-order valence-corrected chi connectivity index (χ0v) is 9.85. The van der Waals surface area contributed by atoms with Gasteiger partial charge in [0.25, 0.3) is 5.91 Å². The number of primary amides is 1. The summed E-state index contributed by atoms with van der Waals surface area (Å²) >= 11 is 0. The maximum atomic E-state index is 12.7. The number of hydrazine groups is 1. The molecule has 2 heterocycles. The third kappa shape index (κ3) is 2.69. The molecule has 1 amide bonds. The highest BCUT2D eigenvalue weighted by Crippen LogP contribution is 2.31. The topological polar surface area (TPSA) is 112 Å². The van der Waals surface area contributed by atoms with E-state index in [1.165, 1.54) is 6.20 Å². The number of halogens is 3. The number of hydrogen-bond acceptors (Lipinski definition) is 5. The van der Waals surface area contributed by atoms with Crippen LogP contribution in [-0.2, 0) is 6.18 Å². The summed E-state index contributed by atoms with van der Waals surface area (Å²) in [6, 6.07) is 1.53. The fourth-order valence-corrected chi connectivity index (χ4v) is 1.45. The number of aromatic nitrogens is 3. The largest absolute Gasteiger partial charge is 0.416 e. The minimum absolute atomic E-state index is 0.0477. The molecular formula is C10H9F3N6O. The van der Waals surface area contributed by atoms with Crippen LogP contribution in [0.25, 0.3) is 5.82 Å². The van der Waals surface area contributed by atoms with Crippen LogP contribution in [0.3, 0.4) is 0 Å². The third-order valence-corrected chi connectivity index (χ3v) is 2.39. The molecule has 7 nitrogen and oxygen atoms in total. The van der Waals surface area contributed by atoms with Gasteiger partial charge in [-0.05, 0) is 12.1 Å². The highest BCUT2D eigenvalue weighted by molar-refractivity contribution is 5.92. The van der Waals surface area contributed by atoms with E-state index in [2.05, 4.69) is 10.1 Å². The number of nitrogens with two attached hydrogens (primary N) is 2. The molecule has 0 saturated heterocycles. The molecule has 0 saturated carbocycles. The van der Waals surface area contributed by atoms with E-state index >= 15 is 0 Å². The molecule has 2 rings (SSSR count). The molecule has 106 valence electrons. The summed E-state index contributed by atoms with van der Waals surface area (Å²) in [6.45, 7) is 0. The lowest BCUT2D eigenvalue weighted by molar-refractivity contribution is -0.137. The predicted molar refractivity (Wildman–Crippen MR) is 62.7 cm³/mol. The number of carbonyl (C=O) groups excluding carboxylic acids is 1. The van der Waals surface area contributed by atoms with Crippen LogP contribution in [-0.4, -0.2) is 20.7 Å². The van der Waals surface area contributed by atoms with Gasteiger partial charge < -0.3 is 11.2 Å². The van der Waals surface area contributed by atoms with Crippen molar-refractivity contribution in [2.45, 2.75) is 6.18 Å². The summed E-state index contributed by atoms with van der Waals surface area (Å²) in [7, 11) is 0. The first-order chi connectivity index (χ1) is 9.31. The number of nitrogen functional groups attached to an aromatic ring is 1. The average Bonchev–Trinajstić information content (AvgIpc) is 2.87. The average molecular weight is 286 g/mol. The van der Waals surface area contributed by atoms with Crippen LogP contribution in [0.1, 0.15) is 15.9 Å². The number of pyridine rings is 1. The number of hydrogen-bond donors (Lipinski definition) is 3. The molecule has 10 heteroatoms. The Morgan fingerprint density at radius 2 is 2.05 bits per heavy atom. The van der Waals surface area contributed by atoms with Crippen molar-refractivity contribution in [3.05, 3.63) is 35.7 Å². The summed E-state index contributed by atoms with van der Waals surface area (Å²) in [5.74, 6) is 3.99. The summed E-state index contributed by atoms with van der Waals surface area (Å²) in [4.78, 5) is 14.8. The lowest BCUT2D eigenvalue weighted by atomic mass is 10.2. The second kappa shape index (κ2) is 4.81. The first kappa shape index (κ1) is 13.8. The lowest BCUT2D eigenvalue weighted by Gasteiger charge is -2.10. The Labute approximate surface area is 110 Å². The van der Waals surface area contributed by atoms with E-state index in [4.69, 9.17) is 11.6 Å². The normalized spacial score (nSPS) is 11.4. The van der Waals surface area contributed by atoms with Crippen LogP contribution in [0.4, 0.5) is 19.0 Å². The Hall–Kier alpha value is -2.62. The summed E-state index contributed by atoms with van der Waals surface area (Å²) < 4.78 is 39.2. The summed E-state index contributed by atoms with van der Waals surface area (Å²) in [6.07, 6.45) is -2.27. The van der Waals surface area contributed by atoms with Gasteiger partial charge in [0.15, 0.2) is 5.82 Å². The quantitative estimate of drug-likeness (QED) is 0.567. The molecule has 5 N–H and O–H groups in total. The number of alkyl halides is 3. The van der Waals surface area contributed by atoms with E-state index in [9.17, 15) is 18.0 Å². The van der Waals surface area contributed by atoms with Crippen LogP contribution < -0.4 is 17.0 Å². The first-order valence-electron chi connectivity index (χ1n) is 5.22. The monoisotopic (exact) mass is 286 g/mol. The van der Waals surface area contributed by atoms with Crippen molar-refractivity contribution in [1.29, 1.82) is 0 Å². The molecule has 0 atom stereocenters. The molecule has 0 aliphatic heterocycles. The molecular weight excluding hydrogens is 277 g/mol. The fourth-order valence-electron chi connectivity index (χ4n) is 1.45. The standard InChI is InChI=1S/C10H9F3N6O/c11-10(12,13)6-1-7(18-15)17-8(2-6)19-4-5(3-16-19)9(14)20/h1-4H,15H2,(H2,14,20)(H,17,18). The third-order valence-electron chi connectivity index (χ3n) is 2.39. The minimum atomic E-state index is -4.57. The number of rotatable bonds is 3. The van der Waals surface area contributed by atoms with Gasteiger partial charge in [-0.1, -0.05) is 0 Å². The molecule has 0 aromatic carbocycles. The molecule has 2 aromatic heterocycles. The second-order valence-electron chi connectivity index (χ2n) is 3.78. The summed E-state index contributed by atoms with van der Waals surface area (Å²) in [5, 5.41) is 3.72. The van der Waals surface area contributed by atoms with Crippen LogP contribution >= 0.6 is 0 Å². The Morgan fingerprint density at radius 1 is 1.35 bits per heavy atom. The Bertz CT molecular complexity index is 651. The van der Waals surface area contributed by atoms with Gasteiger partial charge in [-0.15, -0.1) is 0 Å². The Balaban J connectivity index is 2.52. The number of amides is 1. The second-order valence-corrected chi connectivity index (χ2v) is 3.78. The van der Waals surface area contributed by atoms with Gasteiger partial charge in [0.2, 0.25) is 0 Å². The zero-order chi connectivity index (χ0) is 14.9. The van der Waals surface area contributed by atoms with Gasteiger partial charge in [-0.2, -0.15) is 18.3 Å². The van der Waals surface area contributed by atoms with Gasteiger partial charge in [-0.3, -0.25) is 4.79 Å². The lowest BCUT2D eigenvalue weighted by Crippen LogP contribution is -2.14. The van der Waals surface area contributed by atoms with Crippen molar-refractivity contribution in [2.75, 3.05) is 5.43 Å². The predicted octanol–water partition coefficient (Wildman–Crippen LogP) is 0.671. The van der Waals surface area contributed by atoms with Crippen molar-refractivity contribution < 1.29 is 18.0 Å². The summed E-state index contributed by atoms with van der Waals surface area (Å²) in [5.41, 5.74) is 6.17. The smallest absolute Gasteiger partial charge is 0.366 e. The molecule has 0 radical (unpaired) electrons. The van der Waals surface area contributed by atoms with Crippen LogP contribution in [0.2, 0.25) is 0 Å². The molecule has 2 aromatic rings. The van der Waals surface area contributed by atoms with Crippen molar-refractivity contribution in [3.63, 3.8) is 0 Å². The van der Waals surface area contributed by atoms with Gasteiger partial charge in [-0.25, -0.2) is 15.5 Å². The fraction of sp³-hybridized carbons (Fsp3) is 0.100. The van der Waals surface area contributed by atoms with E-state index in [0.717, 1.165) is 23.0 Å². The van der Waals surface area contributed by atoms with Crippen molar-refractivity contribution >= 4 is 11.7 Å². The maximum absolute atomic E-state index is 12.7. The van der Waals surface area contributed by atoms with Gasteiger partial charge in [0, 0.05) is 6.20 Å². The van der Waals surface area contributed by atoms with Crippen molar-refractivity contribution in [2.24, 2.45) is 11.6 Å². The first-order valence-corrected chi connectivity index (χ1v) is 5.22. The Morgan fingerprint density at radius 3 is 2.55 bits per heavy atom. The number of carbonyl (C=O) groups is 1. The van der Waals surface area contributed by atoms with E-state index in [-0.39, 0.29) is 17.2 Å². The van der Waals surface area contributed by atoms with Crippen LogP contribution in [0.5, 0.6) is 0 Å². The van der Waals surface area contributed by atoms with E-state index in [1.807, 2.05) is 5.43 Å². The number of nitrogens with zero attached hydrogens (tertiary/aromatic N) is 3. The van der Waals surface area contributed by atoms with Crippen molar-refractivity contribution in [1.82, 2.24) is 14.8 Å². The SMILES string of the molecule is NNc1cc(C(F)(F)F)cc(-n2cc(C(N)=O)cn2)n1. The molecule has 0 unspecified atom stereocenters. The van der Waals surface area contributed by atoms with Gasteiger partial charge in [0.1, 0.15) is 5.82 Å². The molecule has 0 aliphatic rings. The van der Waals surface area contributed by atoms with Crippen LogP contribution in [0, 0.1) is 0 Å². The molecule has 0 spiro atoms. The van der Waals surface area contributed by atoms with E-state index in [1.54, 1.807) is 0 Å². The Kier molecular flexibility index (Phi) is 3.32. The molecule has 20 heavy (non-hydrogen) atoms. The number of nitrogens with one attached hydrogen (secondary N) is 1.